The fourth-order valence-electron chi connectivity index (χ4n) is 7.73. The zero-order valence-electron chi connectivity index (χ0n) is 42.4. The Morgan fingerprint density at radius 3 is 1.54 bits per heavy atom. The lowest BCUT2D eigenvalue weighted by Gasteiger charge is -2.24. The summed E-state index contributed by atoms with van der Waals surface area (Å²) in [6.45, 7) is 23.8. The highest BCUT2D eigenvalue weighted by Crippen LogP contribution is 2.50. The van der Waals surface area contributed by atoms with Gasteiger partial charge >= 0.3 is 0 Å². The number of rotatable bonds is 10. The molecule has 5 aromatic rings. The van der Waals surface area contributed by atoms with Gasteiger partial charge in [0.15, 0.2) is 0 Å². The summed E-state index contributed by atoms with van der Waals surface area (Å²) < 4.78 is 0. The zero-order chi connectivity index (χ0) is 50.1. The Hall–Kier alpha value is -7.68. The summed E-state index contributed by atoms with van der Waals surface area (Å²) in [6.07, 6.45) is 38.3. The third-order valence-electron chi connectivity index (χ3n) is 11.2. The van der Waals surface area contributed by atoms with E-state index in [1.165, 1.54) is 79.8 Å². The van der Waals surface area contributed by atoms with E-state index in [9.17, 15) is 0 Å². The number of hydrogen-bond donors (Lipinski definition) is 2. The van der Waals surface area contributed by atoms with Gasteiger partial charge in [-0.3, -0.25) is 0 Å². The molecule has 2 nitrogen and oxygen atoms in total. The summed E-state index contributed by atoms with van der Waals surface area (Å²) in [7, 11) is 1.92. The van der Waals surface area contributed by atoms with Gasteiger partial charge in [-0.1, -0.05) is 258 Å². The van der Waals surface area contributed by atoms with Gasteiger partial charge in [0.2, 0.25) is 0 Å². The molecule has 5 aromatic carbocycles. The fraction of sp³-hybridized carbons (Fsp3) is 0.164. The van der Waals surface area contributed by atoms with Gasteiger partial charge in [-0.25, -0.2) is 0 Å². The summed E-state index contributed by atoms with van der Waals surface area (Å²) in [5.74, 6) is 0. The molecule has 0 atom stereocenters. The number of nitrogens with two attached hydrogens (primary N) is 1. The molecule has 69 heavy (non-hydrogen) atoms. The smallest absolute Gasteiger partial charge is 0.0337 e. The number of nitrogens with one attached hydrogen (secondary N) is 1. The predicted octanol–water partition coefficient (Wildman–Crippen LogP) is 18.6. The SMILES string of the molecule is C=C/C=C(\C=C/C)C1=CC=CC1.C=C/C=C(\C=C/C)c1ccccc1.C=C/C=C(\C=C/C)c1ccccc1.CC1(C)C2=C(CCC=C2)c2ccc(N)cc21.CNc1ccc(C)cc1.c1ccccc1. The van der Waals surface area contributed by atoms with Gasteiger partial charge in [0.1, 0.15) is 0 Å². The van der Waals surface area contributed by atoms with Crippen LogP contribution >= 0.6 is 0 Å². The van der Waals surface area contributed by atoms with Crippen LogP contribution in [0.2, 0.25) is 0 Å². The van der Waals surface area contributed by atoms with Crippen molar-refractivity contribution < 1.29 is 0 Å². The molecule has 0 amide bonds. The molecule has 3 N–H and O–H groups in total. The van der Waals surface area contributed by atoms with Crippen LogP contribution in [0.4, 0.5) is 11.4 Å². The molecule has 0 unspecified atom stereocenters. The summed E-state index contributed by atoms with van der Waals surface area (Å²) in [5, 5.41) is 3.05. The molecule has 3 aliphatic rings. The minimum Gasteiger partial charge on any atom is -0.399 e. The molecule has 354 valence electrons. The van der Waals surface area contributed by atoms with Crippen molar-refractivity contribution in [2.24, 2.45) is 0 Å². The monoisotopic (exact) mass is 909 g/mol. The molecule has 0 saturated heterocycles. The lowest BCUT2D eigenvalue weighted by Crippen LogP contribution is -2.16. The van der Waals surface area contributed by atoms with Crippen LogP contribution in [-0.4, -0.2) is 7.05 Å². The van der Waals surface area contributed by atoms with Gasteiger partial charge in [0.25, 0.3) is 0 Å². The van der Waals surface area contributed by atoms with E-state index in [-0.39, 0.29) is 5.41 Å². The predicted molar refractivity (Wildman–Crippen MR) is 310 cm³/mol. The van der Waals surface area contributed by atoms with Crippen molar-refractivity contribution in [1.82, 2.24) is 0 Å². The van der Waals surface area contributed by atoms with Crippen molar-refractivity contribution in [3.05, 3.63) is 307 Å². The van der Waals surface area contributed by atoms with E-state index in [2.05, 4.69) is 161 Å². The highest BCUT2D eigenvalue weighted by atomic mass is 14.8. The minimum atomic E-state index is 0.122. The first kappa shape index (κ1) is 55.6. The van der Waals surface area contributed by atoms with Crippen molar-refractivity contribution in [1.29, 1.82) is 0 Å². The second-order valence-corrected chi connectivity index (χ2v) is 16.7. The van der Waals surface area contributed by atoms with E-state index in [0.29, 0.717) is 0 Å². The molecule has 0 fully saturated rings. The highest BCUT2D eigenvalue weighted by Gasteiger charge is 2.36. The molecule has 0 heterocycles. The number of benzene rings is 5. The minimum absolute atomic E-state index is 0.122. The average Bonchev–Trinajstić information content (AvgIpc) is 4.01. The van der Waals surface area contributed by atoms with Crippen molar-refractivity contribution in [2.75, 3.05) is 18.1 Å². The number of hydrogen-bond acceptors (Lipinski definition) is 2. The van der Waals surface area contributed by atoms with Crippen molar-refractivity contribution in [3.63, 3.8) is 0 Å². The van der Waals surface area contributed by atoms with E-state index < -0.39 is 0 Å². The Morgan fingerprint density at radius 1 is 0.609 bits per heavy atom. The van der Waals surface area contributed by atoms with Crippen molar-refractivity contribution in [3.8, 4) is 0 Å². The molecule has 0 saturated carbocycles. The second kappa shape index (κ2) is 32.1. The van der Waals surface area contributed by atoms with E-state index >= 15 is 0 Å². The number of allylic oxidation sites excluding steroid dienone is 23. The molecule has 0 bridgehead atoms. The maximum Gasteiger partial charge on any atom is 0.0337 e. The standard InChI is InChI=1S/C15H17N.2C13H14.C12H14.C8H11N.C6H6/c1-15(2)13-6-4-3-5-11(13)12-8-7-10(16)9-14(12)15;2*1-3-8-12(9-4-2)13-10-6-5-7-11-13;1-3-7-11(8-4-2)12-9-5-6-10-12;1-7-3-5-8(9-2)6-4-7;1-2-4-6-5-3-1/h4,6-9H,3,5,16H2,1-2H3;2*3-11H,1H2,2H3;3-9H,1,10H2,2H3;3-6,9H,1-2H3;1-6H/b;2*9-4-,12-8+;8-4-,11-7+;;. The Balaban J connectivity index is 0.000000224. The van der Waals surface area contributed by atoms with Crippen molar-refractivity contribution >= 4 is 28.1 Å². The largest absolute Gasteiger partial charge is 0.399 e. The van der Waals surface area contributed by atoms with Crippen LogP contribution in [0, 0.1) is 6.92 Å². The maximum atomic E-state index is 5.90. The fourth-order valence-corrected chi connectivity index (χ4v) is 7.73. The second-order valence-electron chi connectivity index (χ2n) is 16.7. The van der Waals surface area contributed by atoms with Crippen LogP contribution < -0.4 is 11.1 Å². The highest BCUT2D eigenvalue weighted by molar-refractivity contribution is 5.84. The van der Waals surface area contributed by atoms with Gasteiger partial charge in [-0.05, 0) is 127 Å². The lowest BCUT2D eigenvalue weighted by molar-refractivity contribution is 0.651. The first-order valence-corrected chi connectivity index (χ1v) is 24.0. The van der Waals surface area contributed by atoms with E-state index in [4.69, 9.17) is 5.73 Å². The third kappa shape index (κ3) is 19.2. The summed E-state index contributed by atoms with van der Waals surface area (Å²) in [4.78, 5) is 0. The van der Waals surface area contributed by atoms with Crippen LogP contribution in [0.15, 0.2) is 279 Å². The molecule has 0 spiro atoms. The van der Waals surface area contributed by atoms with Crippen molar-refractivity contribution in [2.45, 2.75) is 66.2 Å². The van der Waals surface area contributed by atoms with Crippen LogP contribution in [0.1, 0.15) is 81.7 Å². The van der Waals surface area contributed by atoms with E-state index in [1.807, 2.05) is 155 Å². The Labute approximate surface area is 417 Å². The number of nitrogen functional groups attached to an aromatic ring is 1. The molecule has 8 rings (SSSR count). The zero-order valence-corrected chi connectivity index (χ0v) is 42.4. The normalized spacial score (nSPS) is 14.2. The lowest BCUT2D eigenvalue weighted by atomic mass is 9.80. The number of fused-ring (bicyclic) bond motifs is 2. The Morgan fingerprint density at radius 2 is 1.09 bits per heavy atom. The average molecular weight is 909 g/mol. The van der Waals surface area contributed by atoms with Gasteiger partial charge < -0.3 is 11.1 Å². The van der Waals surface area contributed by atoms with Crippen LogP contribution in [0.5, 0.6) is 0 Å². The molecule has 0 radical (unpaired) electrons. The molecule has 0 aromatic heterocycles. The quantitative estimate of drug-likeness (QED) is 0.108. The van der Waals surface area contributed by atoms with Gasteiger partial charge in [0, 0.05) is 23.8 Å². The third-order valence-corrected chi connectivity index (χ3v) is 11.2. The Bertz CT molecular complexity index is 2540. The van der Waals surface area contributed by atoms with E-state index in [1.54, 1.807) is 0 Å². The first-order valence-electron chi connectivity index (χ1n) is 24.0. The number of aryl methyl sites for hydroxylation is 1. The van der Waals surface area contributed by atoms with Gasteiger partial charge in [-0.2, -0.15) is 0 Å². The molecular weight excluding hydrogens is 833 g/mol. The Kier molecular flexibility index (Phi) is 25.9. The summed E-state index contributed by atoms with van der Waals surface area (Å²) in [5.41, 5.74) is 22.6. The molecule has 3 aliphatic carbocycles. The molecular formula is C67H76N2. The topological polar surface area (TPSA) is 38.0 Å². The van der Waals surface area contributed by atoms with Crippen LogP contribution in [-0.2, 0) is 5.41 Å². The molecule has 0 aliphatic heterocycles. The molecule has 2 heteroatoms. The number of anilines is 2. The van der Waals surface area contributed by atoms with Crippen LogP contribution in [0.25, 0.3) is 16.7 Å². The first-order chi connectivity index (χ1) is 33.6. The van der Waals surface area contributed by atoms with Gasteiger partial charge in [0.05, 0.1) is 0 Å². The maximum absolute atomic E-state index is 5.90. The van der Waals surface area contributed by atoms with E-state index in [0.717, 1.165) is 12.1 Å². The van der Waals surface area contributed by atoms with Crippen LogP contribution in [0.3, 0.4) is 0 Å². The summed E-state index contributed by atoms with van der Waals surface area (Å²) in [6, 6.07) is 47.2. The summed E-state index contributed by atoms with van der Waals surface area (Å²) >= 11 is 0. The van der Waals surface area contributed by atoms with Gasteiger partial charge in [-0.15, -0.1) is 0 Å².